The molecule has 0 bridgehead atoms. The highest BCUT2D eigenvalue weighted by Crippen LogP contribution is 2.09. The van der Waals surface area contributed by atoms with Crippen molar-refractivity contribution in [3.63, 3.8) is 0 Å². The summed E-state index contributed by atoms with van der Waals surface area (Å²) in [5.74, 6) is 2.39. The van der Waals surface area contributed by atoms with Crippen molar-refractivity contribution >= 4 is 11.8 Å². The largest absolute Gasteiger partial charge is 0.327 e. The van der Waals surface area contributed by atoms with E-state index in [0.717, 1.165) is 12.2 Å². The van der Waals surface area contributed by atoms with Gasteiger partial charge in [0.25, 0.3) is 0 Å². The Morgan fingerprint density at radius 2 is 2.14 bits per heavy atom. The van der Waals surface area contributed by atoms with Crippen LogP contribution in [0.2, 0.25) is 0 Å². The zero-order valence-corrected chi connectivity index (χ0v) is 10.3. The Morgan fingerprint density at radius 1 is 1.36 bits per heavy atom. The molecule has 0 aliphatic carbocycles. The zero-order chi connectivity index (χ0) is 10.6. The van der Waals surface area contributed by atoms with Crippen LogP contribution in [-0.2, 0) is 0 Å². The first kappa shape index (κ1) is 14.1. The molecule has 14 heavy (non-hydrogen) atoms. The monoisotopic (exact) mass is 215 g/mol. The first-order chi connectivity index (χ1) is 6.81. The van der Waals surface area contributed by atoms with Crippen LogP contribution in [0.1, 0.15) is 45.4 Å². The lowest BCUT2D eigenvalue weighted by molar-refractivity contribution is 0.587. The molecule has 0 fully saturated rings. The summed E-state index contributed by atoms with van der Waals surface area (Å²) in [5.41, 5.74) is 5.99. The SMILES string of the molecule is C=CCCCCCC(N)CSCCC. The van der Waals surface area contributed by atoms with Gasteiger partial charge < -0.3 is 5.73 Å². The van der Waals surface area contributed by atoms with E-state index in [0.29, 0.717) is 6.04 Å². The maximum Gasteiger partial charge on any atom is 0.0130 e. The lowest BCUT2D eigenvalue weighted by Gasteiger charge is -2.10. The topological polar surface area (TPSA) is 26.0 Å². The lowest BCUT2D eigenvalue weighted by atomic mass is 10.1. The molecular formula is C12H25NS. The quantitative estimate of drug-likeness (QED) is 0.445. The van der Waals surface area contributed by atoms with Crippen LogP contribution >= 0.6 is 11.8 Å². The molecule has 0 spiro atoms. The minimum absolute atomic E-state index is 0.412. The van der Waals surface area contributed by atoms with Gasteiger partial charge in [0.2, 0.25) is 0 Å². The molecule has 0 amide bonds. The fraction of sp³-hybridized carbons (Fsp3) is 0.833. The van der Waals surface area contributed by atoms with E-state index in [1.54, 1.807) is 0 Å². The fourth-order valence-corrected chi connectivity index (χ4v) is 2.26. The van der Waals surface area contributed by atoms with Crippen molar-refractivity contribution in [3.05, 3.63) is 12.7 Å². The van der Waals surface area contributed by atoms with Crippen LogP contribution in [0.3, 0.4) is 0 Å². The minimum atomic E-state index is 0.412. The average molecular weight is 215 g/mol. The third-order valence-electron chi connectivity index (χ3n) is 2.16. The summed E-state index contributed by atoms with van der Waals surface area (Å²) in [7, 11) is 0. The van der Waals surface area contributed by atoms with Crippen LogP contribution in [0.4, 0.5) is 0 Å². The highest BCUT2D eigenvalue weighted by molar-refractivity contribution is 7.99. The summed E-state index contributed by atoms with van der Waals surface area (Å²) < 4.78 is 0. The standard InChI is InChI=1S/C12H25NS/c1-3-5-6-7-8-9-12(13)11-14-10-4-2/h3,12H,1,4-11,13H2,2H3. The van der Waals surface area contributed by atoms with Crippen molar-refractivity contribution in [2.24, 2.45) is 5.73 Å². The van der Waals surface area contributed by atoms with E-state index >= 15 is 0 Å². The number of thioether (sulfide) groups is 1. The number of nitrogens with two attached hydrogens (primary N) is 1. The van der Waals surface area contributed by atoms with Crippen LogP contribution in [0.25, 0.3) is 0 Å². The minimum Gasteiger partial charge on any atom is -0.327 e. The summed E-state index contributed by atoms with van der Waals surface area (Å²) in [5, 5.41) is 0. The molecule has 1 nitrogen and oxygen atoms in total. The molecule has 0 aliphatic rings. The van der Waals surface area contributed by atoms with E-state index in [4.69, 9.17) is 5.73 Å². The van der Waals surface area contributed by atoms with E-state index in [-0.39, 0.29) is 0 Å². The second kappa shape index (κ2) is 11.1. The first-order valence-corrected chi connectivity index (χ1v) is 6.91. The summed E-state index contributed by atoms with van der Waals surface area (Å²) in [6, 6.07) is 0.412. The van der Waals surface area contributed by atoms with Gasteiger partial charge in [-0.05, 0) is 31.4 Å². The third kappa shape index (κ3) is 10.1. The van der Waals surface area contributed by atoms with Gasteiger partial charge in [0, 0.05) is 11.8 Å². The number of hydrogen-bond acceptors (Lipinski definition) is 2. The molecule has 0 aromatic heterocycles. The van der Waals surface area contributed by atoms with Gasteiger partial charge in [0.05, 0.1) is 0 Å². The number of rotatable bonds is 10. The predicted octanol–water partition coefficient (Wildman–Crippen LogP) is 3.59. The summed E-state index contributed by atoms with van der Waals surface area (Å²) in [4.78, 5) is 0. The van der Waals surface area contributed by atoms with E-state index in [1.165, 1.54) is 37.9 Å². The molecule has 0 saturated heterocycles. The molecule has 1 unspecified atom stereocenters. The Balaban J connectivity index is 3.09. The van der Waals surface area contributed by atoms with Gasteiger partial charge in [-0.15, -0.1) is 6.58 Å². The summed E-state index contributed by atoms with van der Waals surface area (Å²) in [6.07, 6.45) is 9.46. The predicted molar refractivity (Wildman–Crippen MR) is 68.9 cm³/mol. The van der Waals surface area contributed by atoms with E-state index in [1.807, 2.05) is 17.8 Å². The van der Waals surface area contributed by atoms with Gasteiger partial charge in [-0.2, -0.15) is 11.8 Å². The average Bonchev–Trinajstić information content (AvgIpc) is 2.18. The van der Waals surface area contributed by atoms with Crippen molar-refractivity contribution in [1.82, 2.24) is 0 Å². The Kier molecular flexibility index (Phi) is 11.2. The van der Waals surface area contributed by atoms with Crippen LogP contribution in [0, 0.1) is 0 Å². The zero-order valence-electron chi connectivity index (χ0n) is 9.50. The normalized spacial score (nSPS) is 12.7. The summed E-state index contributed by atoms with van der Waals surface area (Å²) in [6.45, 7) is 5.93. The lowest BCUT2D eigenvalue weighted by Crippen LogP contribution is -2.22. The van der Waals surface area contributed by atoms with Crippen LogP contribution < -0.4 is 5.73 Å². The number of unbranched alkanes of at least 4 members (excludes halogenated alkanes) is 3. The highest BCUT2D eigenvalue weighted by atomic mass is 32.2. The summed E-state index contributed by atoms with van der Waals surface area (Å²) >= 11 is 1.99. The molecule has 2 heteroatoms. The second-order valence-corrected chi connectivity index (χ2v) is 4.91. The fourth-order valence-electron chi connectivity index (χ4n) is 1.33. The molecule has 1 atom stereocenters. The van der Waals surface area contributed by atoms with Gasteiger partial charge in [-0.3, -0.25) is 0 Å². The van der Waals surface area contributed by atoms with Crippen LogP contribution in [0.15, 0.2) is 12.7 Å². The van der Waals surface area contributed by atoms with Crippen LogP contribution in [0.5, 0.6) is 0 Å². The molecule has 0 heterocycles. The Labute approximate surface area is 93.5 Å². The Bertz CT molecular complexity index is 125. The Hall–Kier alpha value is 0.0500. The van der Waals surface area contributed by atoms with Gasteiger partial charge in [-0.25, -0.2) is 0 Å². The number of allylic oxidation sites excluding steroid dienone is 1. The van der Waals surface area contributed by atoms with Crippen molar-refractivity contribution in [1.29, 1.82) is 0 Å². The van der Waals surface area contributed by atoms with Gasteiger partial charge in [0.15, 0.2) is 0 Å². The first-order valence-electron chi connectivity index (χ1n) is 5.75. The smallest absolute Gasteiger partial charge is 0.0130 e. The number of hydrogen-bond donors (Lipinski definition) is 1. The Morgan fingerprint density at radius 3 is 2.79 bits per heavy atom. The van der Waals surface area contributed by atoms with Gasteiger partial charge in [-0.1, -0.05) is 25.8 Å². The van der Waals surface area contributed by atoms with Crippen molar-refractivity contribution in [2.45, 2.75) is 51.5 Å². The van der Waals surface area contributed by atoms with Gasteiger partial charge >= 0.3 is 0 Å². The molecule has 0 aliphatic heterocycles. The molecule has 0 rings (SSSR count). The van der Waals surface area contributed by atoms with Crippen molar-refractivity contribution in [3.8, 4) is 0 Å². The van der Waals surface area contributed by atoms with Gasteiger partial charge in [0.1, 0.15) is 0 Å². The maximum atomic E-state index is 5.99. The van der Waals surface area contributed by atoms with Crippen LogP contribution in [-0.4, -0.2) is 17.5 Å². The van der Waals surface area contributed by atoms with Crippen molar-refractivity contribution in [2.75, 3.05) is 11.5 Å². The molecular weight excluding hydrogens is 190 g/mol. The van der Waals surface area contributed by atoms with E-state index in [9.17, 15) is 0 Å². The maximum absolute atomic E-state index is 5.99. The second-order valence-electron chi connectivity index (χ2n) is 3.76. The molecule has 0 radical (unpaired) electrons. The molecule has 0 aromatic carbocycles. The highest BCUT2D eigenvalue weighted by Gasteiger charge is 2.01. The molecule has 0 aromatic rings. The third-order valence-corrected chi connectivity index (χ3v) is 3.52. The van der Waals surface area contributed by atoms with E-state index < -0.39 is 0 Å². The van der Waals surface area contributed by atoms with Crippen molar-refractivity contribution < 1.29 is 0 Å². The molecule has 0 saturated carbocycles. The molecule has 2 N–H and O–H groups in total. The van der Waals surface area contributed by atoms with E-state index in [2.05, 4.69) is 13.5 Å². The molecule has 84 valence electrons.